The predicted octanol–water partition coefficient (Wildman–Crippen LogP) is 2.92. The lowest BCUT2D eigenvalue weighted by molar-refractivity contribution is 0.324. The Morgan fingerprint density at radius 2 is 1.70 bits per heavy atom. The summed E-state index contributed by atoms with van der Waals surface area (Å²) in [5, 5.41) is 0. The average Bonchev–Trinajstić information content (AvgIpc) is 2.49. The molecule has 0 N–H and O–H groups in total. The molecule has 0 saturated heterocycles. The second-order valence-electron chi connectivity index (χ2n) is 3.66. The van der Waals surface area contributed by atoms with Crippen molar-refractivity contribution in [2.75, 3.05) is 21.3 Å². The monoisotopic (exact) mass is 268 g/mol. The van der Waals surface area contributed by atoms with Crippen LogP contribution in [-0.2, 0) is 0 Å². The van der Waals surface area contributed by atoms with Crippen molar-refractivity contribution in [3.63, 3.8) is 0 Å². The number of terminal acetylenes is 1. The summed E-state index contributed by atoms with van der Waals surface area (Å²) in [6.07, 6.45) is 8.20. The molecule has 0 aliphatic carbocycles. The highest BCUT2D eigenvalue weighted by molar-refractivity contribution is 5.80. The molecule has 0 amide bonds. The fourth-order valence-electron chi connectivity index (χ4n) is 1.55. The fourth-order valence-corrected chi connectivity index (χ4v) is 1.55. The Kier molecular flexibility index (Phi) is 5.81. The van der Waals surface area contributed by atoms with Crippen molar-refractivity contribution in [1.82, 2.24) is 0 Å². The molecular weight excluding hydrogens is 252 g/mol. The predicted molar refractivity (Wildman–Crippen MR) is 80.9 cm³/mol. The molecule has 3 heteroatoms. The van der Waals surface area contributed by atoms with E-state index in [0.29, 0.717) is 22.8 Å². The Morgan fingerprint density at radius 3 is 2.15 bits per heavy atom. The van der Waals surface area contributed by atoms with Gasteiger partial charge in [-0.3, -0.25) is 0 Å². The van der Waals surface area contributed by atoms with Crippen LogP contribution in [0.15, 0.2) is 30.9 Å². The van der Waals surface area contributed by atoms with Crippen molar-refractivity contribution in [2.24, 2.45) is 0 Å². The van der Waals surface area contributed by atoms with Crippen LogP contribution in [0.2, 0.25) is 0 Å². The lowest BCUT2D eigenvalue weighted by Crippen LogP contribution is -1.96. The quantitative estimate of drug-likeness (QED) is 0.786. The lowest BCUT2D eigenvalue weighted by atomic mass is 10.1. The van der Waals surface area contributed by atoms with E-state index < -0.39 is 0 Å². The number of methoxy groups -OCH3 is 3. The summed E-state index contributed by atoms with van der Waals surface area (Å²) in [5.41, 5.74) is 1.42. The number of hydrogen-bond donors (Lipinski definition) is 0. The summed E-state index contributed by atoms with van der Waals surface area (Å²) in [5.74, 6) is 9.71. The average molecular weight is 268 g/mol. The van der Waals surface area contributed by atoms with Gasteiger partial charge in [-0.1, -0.05) is 24.3 Å². The van der Waals surface area contributed by atoms with Gasteiger partial charge < -0.3 is 14.2 Å². The molecule has 0 atom stereocenters. The van der Waals surface area contributed by atoms with Crippen LogP contribution in [0, 0.1) is 24.2 Å². The maximum atomic E-state index is 5.28. The Morgan fingerprint density at radius 1 is 1.10 bits per heavy atom. The van der Waals surface area contributed by atoms with Crippen molar-refractivity contribution in [3.8, 4) is 41.4 Å². The van der Waals surface area contributed by atoms with E-state index in [1.54, 1.807) is 39.5 Å². The number of benzene rings is 1. The van der Waals surface area contributed by atoms with Crippen LogP contribution >= 0.6 is 0 Å². The van der Waals surface area contributed by atoms with Gasteiger partial charge in [-0.05, 0) is 29.8 Å². The standard InChI is InChI=1S/C17H16O3/c1-6-7-8-9-10-13(2)14-11-15(18-3)17(20-5)16(12-14)19-4/h1,7-8,11-12H,2H2,3-5H3/b8-7-. The van der Waals surface area contributed by atoms with E-state index >= 15 is 0 Å². The Bertz CT molecular complexity index is 597. The van der Waals surface area contributed by atoms with Crippen LogP contribution in [0.1, 0.15) is 5.56 Å². The number of allylic oxidation sites excluding steroid dienone is 3. The fraction of sp³-hybridized carbons (Fsp3) is 0.176. The van der Waals surface area contributed by atoms with Crippen LogP contribution in [0.4, 0.5) is 0 Å². The maximum absolute atomic E-state index is 5.28. The molecule has 1 rings (SSSR count). The second-order valence-corrected chi connectivity index (χ2v) is 3.66. The normalized spacial score (nSPS) is 9.30. The van der Waals surface area contributed by atoms with Crippen molar-refractivity contribution in [2.45, 2.75) is 0 Å². The Balaban J connectivity index is 3.19. The number of hydrogen-bond acceptors (Lipinski definition) is 3. The van der Waals surface area contributed by atoms with Gasteiger partial charge in [0, 0.05) is 5.57 Å². The highest BCUT2D eigenvalue weighted by atomic mass is 16.5. The summed E-state index contributed by atoms with van der Waals surface area (Å²) >= 11 is 0. The molecule has 0 saturated carbocycles. The molecule has 0 aliphatic heterocycles. The van der Waals surface area contributed by atoms with Crippen molar-refractivity contribution < 1.29 is 14.2 Å². The molecule has 0 radical (unpaired) electrons. The van der Waals surface area contributed by atoms with Gasteiger partial charge in [0.25, 0.3) is 0 Å². The molecule has 0 fully saturated rings. The third-order valence-corrected chi connectivity index (χ3v) is 2.50. The van der Waals surface area contributed by atoms with E-state index in [9.17, 15) is 0 Å². The lowest BCUT2D eigenvalue weighted by Gasteiger charge is -2.13. The Labute approximate surface area is 119 Å². The van der Waals surface area contributed by atoms with Crippen LogP contribution in [-0.4, -0.2) is 21.3 Å². The van der Waals surface area contributed by atoms with Crippen LogP contribution in [0.3, 0.4) is 0 Å². The van der Waals surface area contributed by atoms with Gasteiger partial charge in [-0.2, -0.15) is 0 Å². The van der Waals surface area contributed by atoms with Crippen LogP contribution < -0.4 is 14.2 Å². The first-order chi connectivity index (χ1) is 9.67. The molecule has 0 unspecified atom stereocenters. The first kappa shape index (κ1) is 15.3. The van der Waals surface area contributed by atoms with Gasteiger partial charge in [-0.15, -0.1) is 6.42 Å². The topological polar surface area (TPSA) is 27.7 Å². The molecule has 20 heavy (non-hydrogen) atoms. The van der Waals surface area contributed by atoms with E-state index in [0.717, 1.165) is 5.56 Å². The molecule has 102 valence electrons. The van der Waals surface area contributed by atoms with Crippen LogP contribution in [0.25, 0.3) is 5.57 Å². The zero-order chi connectivity index (χ0) is 15.0. The number of ether oxygens (including phenoxy) is 3. The molecule has 1 aromatic rings. The summed E-state index contributed by atoms with van der Waals surface area (Å²) in [6.45, 7) is 3.92. The van der Waals surface area contributed by atoms with Crippen LogP contribution in [0.5, 0.6) is 17.2 Å². The van der Waals surface area contributed by atoms with Crippen molar-refractivity contribution in [3.05, 3.63) is 36.4 Å². The first-order valence-electron chi connectivity index (χ1n) is 5.79. The van der Waals surface area contributed by atoms with E-state index in [1.165, 1.54) is 6.08 Å². The minimum Gasteiger partial charge on any atom is -0.493 e. The van der Waals surface area contributed by atoms with Gasteiger partial charge >= 0.3 is 0 Å². The van der Waals surface area contributed by atoms with Gasteiger partial charge in [-0.25, -0.2) is 0 Å². The highest BCUT2D eigenvalue weighted by Crippen LogP contribution is 2.39. The van der Waals surface area contributed by atoms with Gasteiger partial charge in [0.15, 0.2) is 11.5 Å². The van der Waals surface area contributed by atoms with E-state index in [4.69, 9.17) is 20.6 Å². The molecular formula is C17H16O3. The molecule has 1 aromatic carbocycles. The zero-order valence-electron chi connectivity index (χ0n) is 11.8. The van der Waals surface area contributed by atoms with E-state index in [-0.39, 0.29) is 0 Å². The smallest absolute Gasteiger partial charge is 0.203 e. The zero-order valence-corrected chi connectivity index (χ0v) is 11.8. The highest BCUT2D eigenvalue weighted by Gasteiger charge is 2.13. The van der Waals surface area contributed by atoms with Gasteiger partial charge in [0.1, 0.15) is 0 Å². The third-order valence-electron chi connectivity index (χ3n) is 2.50. The summed E-state index contributed by atoms with van der Waals surface area (Å²) in [7, 11) is 4.68. The van der Waals surface area contributed by atoms with E-state index in [2.05, 4.69) is 24.3 Å². The van der Waals surface area contributed by atoms with Gasteiger partial charge in [0.2, 0.25) is 5.75 Å². The van der Waals surface area contributed by atoms with Gasteiger partial charge in [0.05, 0.1) is 21.3 Å². The summed E-state index contributed by atoms with van der Waals surface area (Å²) in [6, 6.07) is 3.59. The molecule has 3 nitrogen and oxygen atoms in total. The molecule has 0 spiro atoms. The number of rotatable bonds is 4. The maximum Gasteiger partial charge on any atom is 0.203 e. The largest absolute Gasteiger partial charge is 0.493 e. The molecule has 0 aliphatic rings. The third kappa shape index (κ3) is 3.60. The second kappa shape index (κ2) is 7.61. The molecule has 0 heterocycles. The SMILES string of the molecule is C#C/C=C\C#CC(=C)c1cc(OC)c(OC)c(OC)c1. The van der Waals surface area contributed by atoms with Crippen molar-refractivity contribution >= 4 is 5.57 Å². The molecule has 0 aromatic heterocycles. The minimum atomic E-state index is 0.534. The van der Waals surface area contributed by atoms with E-state index in [1.807, 2.05) is 0 Å². The van der Waals surface area contributed by atoms with Crippen molar-refractivity contribution in [1.29, 1.82) is 0 Å². The summed E-state index contributed by atoms with van der Waals surface area (Å²) < 4.78 is 15.8. The Hall–Kier alpha value is -2.78. The molecule has 0 bridgehead atoms. The minimum absolute atomic E-state index is 0.534. The summed E-state index contributed by atoms with van der Waals surface area (Å²) in [4.78, 5) is 0. The first-order valence-corrected chi connectivity index (χ1v) is 5.79.